The molecule has 0 spiro atoms. The zero-order valence-corrected chi connectivity index (χ0v) is 16.7. The van der Waals surface area contributed by atoms with Crippen LogP contribution in [0.2, 0.25) is 0 Å². The van der Waals surface area contributed by atoms with Gasteiger partial charge in [0.25, 0.3) is 5.91 Å². The maximum absolute atomic E-state index is 12.0. The molecule has 0 atom stereocenters. The highest BCUT2D eigenvalue weighted by molar-refractivity contribution is 9.10. The highest BCUT2D eigenvalue weighted by atomic mass is 79.9. The number of nitrogens with one attached hydrogen (secondary N) is 3. The van der Waals surface area contributed by atoms with Crippen molar-refractivity contribution in [2.75, 3.05) is 6.61 Å². The maximum Gasteiger partial charge on any atom is 0.276 e. The summed E-state index contributed by atoms with van der Waals surface area (Å²) in [7, 11) is 0. The summed E-state index contributed by atoms with van der Waals surface area (Å²) in [6.07, 6.45) is 5.77. The van der Waals surface area contributed by atoms with Gasteiger partial charge in [0.2, 0.25) is 5.91 Å². The molecule has 2 rings (SSSR count). The lowest BCUT2D eigenvalue weighted by Crippen LogP contribution is -2.42. The van der Waals surface area contributed by atoms with E-state index in [1.54, 1.807) is 6.07 Å². The molecule has 1 aliphatic rings. The Hall–Kier alpha value is -2.02. The molecule has 1 fully saturated rings. The van der Waals surface area contributed by atoms with Gasteiger partial charge in [-0.1, -0.05) is 31.9 Å². The lowest BCUT2D eigenvalue weighted by molar-refractivity contribution is -0.124. The van der Waals surface area contributed by atoms with E-state index in [9.17, 15) is 9.59 Å². The molecule has 1 saturated carbocycles. The Morgan fingerprint density at radius 3 is 2.62 bits per heavy atom. The number of hydrogen-bond donors (Lipinski definition) is 3. The Morgan fingerprint density at radius 1 is 1.19 bits per heavy atom. The van der Waals surface area contributed by atoms with Crippen LogP contribution in [-0.4, -0.2) is 24.5 Å². The second kappa shape index (κ2) is 10.2. The third-order valence-electron chi connectivity index (χ3n) is 4.17. The van der Waals surface area contributed by atoms with Crippen LogP contribution in [0.3, 0.4) is 0 Å². The van der Waals surface area contributed by atoms with Crippen molar-refractivity contribution in [1.82, 2.24) is 16.2 Å². The van der Waals surface area contributed by atoms with Gasteiger partial charge in [0.1, 0.15) is 5.75 Å². The Balaban J connectivity index is 1.64. The van der Waals surface area contributed by atoms with Crippen LogP contribution in [0.4, 0.5) is 0 Å². The van der Waals surface area contributed by atoms with Crippen LogP contribution in [0.5, 0.6) is 5.75 Å². The molecule has 6 nitrogen and oxygen atoms in total. The fraction of sp³-hybridized carbons (Fsp3) is 0.474. The first-order chi connectivity index (χ1) is 12.4. The van der Waals surface area contributed by atoms with Crippen LogP contribution < -0.4 is 20.9 Å². The lowest BCUT2D eigenvalue weighted by Gasteiger charge is -2.23. The van der Waals surface area contributed by atoms with Crippen molar-refractivity contribution in [2.24, 2.45) is 0 Å². The summed E-state index contributed by atoms with van der Waals surface area (Å²) < 4.78 is 6.25. The van der Waals surface area contributed by atoms with Crippen LogP contribution in [0.15, 0.2) is 34.9 Å². The van der Waals surface area contributed by atoms with E-state index in [1.165, 1.54) is 6.42 Å². The monoisotopic (exact) mass is 423 g/mol. The number of ether oxygens (including phenoxy) is 1. The molecule has 26 heavy (non-hydrogen) atoms. The minimum Gasteiger partial charge on any atom is -0.483 e. The average Bonchev–Trinajstić information content (AvgIpc) is 2.60. The number of benzene rings is 1. The van der Waals surface area contributed by atoms with E-state index in [4.69, 9.17) is 4.74 Å². The Kier molecular flexibility index (Phi) is 7.97. The number of carbonyl (C=O) groups is 2. The van der Waals surface area contributed by atoms with Gasteiger partial charge in [0, 0.05) is 11.7 Å². The molecule has 0 aromatic heterocycles. The Bertz CT molecular complexity index is 657. The fourth-order valence-corrected chi connectivity index (χ4v) is 3.43. The van der Waals surface area contributed by atoms with Gasteiger partial charge in [-0.25, -0.2) is 0 Å². The molecule has 2 amide bonds. The van der Waals surface area contributed by atoms with E-state index in [1.807, 2.05) is 19.1 Å². The molecule has 0 saturated heterocycles. The van der Waals surface area contributed by atoms with Gasteiger partial charge in [0.15, 0.2) is 6.61 Å². The lowest BCUT2D eigenvalue weighted by atomic mass is 9.95. The van der Waals surface area contributed by atoms with E-state index in [0.717, 1.165) is 35.7 Å². The topological polar surface area (TPSA) is 79.5 Å². The normalized spacial score (nSPS) is 14.4. The number of amides is 2. The second-order valence-corrected chi connectivity index (χ2v) is 7.43. The summed E-state index contributed by atoms with van der Waals surface area (Å²) >= 11 is 3.40. The van der Waals surface area contributed by atoms with Gasteiger partial charge < -0.3 is 15.5 Å². The summed E-state index contributed by atoms with van der Waals surface area (Å²) in [5, 5.41) is 3.01. The number of carbonyl (C=O) groups excluding carboxylic acids is 2. The molecule has 0 heterocycles. The largest absolute Gasteiger partial charge is 0.483 e. The highest BCUT2D eigenvalue weighted by Crippen LogP contribution is 2.25. The summed E-state index contributed by atoms with van der Waals surface area (Å²) in [5.41, 5.74) is 6.68. The molecule has 7 heteroatoms. The zero-order valence-electron chi connectivity index (χ0n) is 15.1. The van der Waals surface area contributed by atoms with Gasteiger partial charge >= 0.3 is 0 Å². The predicted octanol–water partition coefficient (Wildman–Crippen LogP) is 3.11. The van der Waals surface area contributed by atoms with Gasteiger partial charge in [-0.15, -0.1) is 0 Å². The van der Waals surface area contributed by atoms with Gasteiger partial charge in [-0.05, 0) is 53.4 Å². The molecule has 0 bridgehead atoms. The summed E-state index contributed by atoms with van der Waals surface area (Å²) in [5.74, 6) is 0.159. The highest BCUT2D eigenvalue weighted by Gasteiger charge is 2.16. The number of halogens is 1. The molecular weight excluding hydrogens is 398 g/mol. The summed E-state index contributed by atoms with van der Waals surface area (Å²) in [6.45, 7) is 5.60. The van der Waals surface area contributed by atoms with E-state index in [-0.39, 0.29) is 30.9 Å². The molecule has 0 radical (unpaired) electrons. The minimum atomic E-state index is -0.355. The smallest absolute Gasteiger partial charge is 0.276 e. The van der Waals surface area contributed by atoms with Crippen LogP contribution in [0, 0.1) is 6.92 Å². The van der Waals surface area contributed by atoms with Crippen molar-refractivity contribution in [3.8, 4) is 5.75 Å². The summed E-state index contributed by atoms with van der Waals surface area (Å²) in [6, 6.07) is 5.88. The third-order valence-corrected chi connectivity index (χ3v) is 4.79. The molecular formula is C19H26BrN3O3. The van der Waals surface area contributed by atoms with Crippen molar-refractivity contribution in [3.05, 3.63) is 40.5 Å². The van der Waals surface area contributed by atoms with E-state index in [0.29, 0.717) is 11.4 Å². The maximum atomic E-state index is 12.0. The van der Waals surface area contributed by atoms with Gasteiger partial charge in [-0.3, -0.25) is 15.0 Å². The number of hydrazine groups is 1. The summed E-state index contributed by atoms with van der Waals surface area (Å²) in [4.78, 5) is 23.8. The molecule has 1 aromatic rings. The second-order valence-electron chi connectivity index (χ2n) is 6.58. The molecule has 0 unspecified atom stereocenters. The number of rotatable bonds is 8. The van der Waals surface area contributed by atoms with Crippen molar-refractivity contribution in [3.63, 3.8) is 0 Å². The molecule has 0 aliphatic heterocycles. The first-order valence-electron chi connectivity index (χ1n) is 8.85. The van der Waals surface area contributed by atoms with Crippen LogP contribution in [0.1, 0.15) is 44.1 Å². The predicted molar refractivity (Wildman–Crippen MR) is 104 cm³/mol. The number of hydrogen-bond acceptors (Lipinski definition) is 4. The van der Waals surface area contributed by atoms with Crippen LogP contribution >= 0.6 is 15.9 Å². The average molecular weight is 424 g/mol. The molecule has 1 aliphatic carbocycles. The molecule has 142 valence electrons. The Labute approximate surface area is 162 Å². The van der Waals surface area contributed by atoms with Gasteiger partial charge in [0.05, 0.1) is 10.9 Å². The van der Waals surface area contributed by atoms with Gasteiger partial charge in [-0.2, -0.15) is 0 Å². The SMILES string of the molecule is C=C(CC(=O)NC1CCCCC1)NNC(=O)COc1ccc(C)cc1Br. The number of aryl methyl sites for hydroxylation is 1. The van der Waals surface area contributed by atoms with Crippen molar-refractivity contribution in [1.29, 1.82) is 0 Å². The standard InChI is InChI=1S/C19H26BrN3O3/c1-13-8-9-17(16(20)10-13)26-12-19(25)23-22-14(2)11-18(24)21-15-6-4-3-5-7-15/h8-10,15,22H,2-7,11-12H2,1H3,(H,21,24)(H,23,25). The fourth-order valence-electron chi connectivity index (χ4n) is 2.82. The van der Waals surface area contributed by atoms with E-state index in [2.05, 4.69) is 38.7 Å². The van der Waals surface area contributed by atoms with Crippen molar-refractivity contribution >= 4 is 27.7 Å². The van der Waals surface area contributed by atoms with Crippen molar-refractivity contribution < 1.29 is 14.3 Å². The van der Waals surface area contributed by atoms with Crippen LogP contribution in [0.25, 0.3) is 0 Å². The third kappa shape index (κ3) is 7.07. The molecule has 1 aromatic carbocycles. The first kappa shape index (κ1) is 20.3. The van der Waals surface area contributed by atoms with Crippen LogP contribution in [-0.2, 0) is 9.59 Å². The molecule has 3 N–H and O–H groups in total. The minimum absolute atomic E-state index is 0.0801. The Morgan fingerprint density at radius 2 is 1.92 bits per heavy atom. The van der Waals surface area contributed by atoms with Crippen molar-refractivity contribution in [2.45, 2.75) is 51.5 Å². The van der Waals surface area contributed by atoms with E-state index >= 15 is 0 Å². The zero-order chi connectivity index (χ0) is 18.9. The quantitative estimate of drug-likeness (QED) is 0.561. The first-order valence-corrected chi connectivity index (χ1v) is 9.64. The van der Waals surface area contributed by atoms with E-state index < -0.39 is 0 Å².